The Hall–Kier alpha value is -2.83. The van der Waals surface area contributed by atoms with Crippen molar-refractivity contribution >= 4 is 16.9 Å². The molecular weight excluding hydrogens is 311 g/mol. The molecule has 0 saturated heterocycles. The maximum Gasteiger partial charge on any atom is 0.305 e. The molecule has 0 bridgehead atoms. The highest BCUT2D eigenvalue weighted by molar-refractivity contribution is 5.76. The van der Waals surface area contributed by atoms with E-state index in [1.807, 2.05) is 31.4 Å². The quantitative estimate of drug-likeness (QED) is 0.540. The number of pyridine rings is 1. The highest BCUT2D eigenvalue weighted by atomic mass is 19.1. The molecule has 1 aromatic carbocycles. The van der Waals surface area contributed by atoms with Gasteiger partial charge in [0, 0.05) is 18.2 Å². The van der Waals surface area contributed by atoms with E-state index in [1.54, 1.807) is 6.07 Å². The first-order valence-electron chi connectivity index (χ1n) is 7.67. The van der Waals surface area contributed by atoms with Crippen LogP contribution >= 0.6 is 0 Å². The van der Waals surface area contributed by atoms with Gasteiger partial charge in [-0.25, -0.2) is 9.97 Å². The highest BCUT2D eigenvalue weighted by Crippen LogP contribution is 2.23. The van der Waals surface area contributed by atoms with Gasteiger partial charge in [-0.1, -0.05) is 13.0 Å². The summed E-state index contributed by atoms with van der Waals surface area (Å²) < 4.78 is 15.5. The number of halogens is 1. The first-order chi connectivity index (χ1) is 11.4. The van der Waals surface area contributed by atoms with Gasteiger partial charge >= 0.3 is 5.69 Å². The largest absolute Gasteiger partial charge is 0.308 e. The molecule has 3 rings (SSSR count). The van der Waals surface area contributed by atoms with Crippen LogP contribution in [0.1, 0.15) is 29.6 Å². The van der Waals surface area contributed by atoms with Gasteiger partial charge in [0.15, 0.2) is 5.65 Å². The normalized spacial score (nSPS) is 11.2. The lowest BCUT2D eigenvalue weighted by Crippen LogP contribution is -2.06. The molecule has 24 heavy (non-hydrogen) atoms. The fourth-order valence-electron chi connectivity index (χ4n) is 2.86. The van der Waals surface area contributed by atoms with E-state index in [0.29, 0.717) is 18.5 Å². The first-order valence-corrected chi connectivity index (χ1v) is 7.67. The SMILES string of the molecule is CCc1nc2c(C)cc(C)nc2n1Cc1ccc(F)c([N+](=O)[O-])c1. The maximum absolute atomic E-state index is 13.5. The van der Waals surface area contributed by atoms with Crippen molar-refractivity contribution in [2.24, 2.45) is 0 Å². The number of fused-ring (bicyclic) bond motifs is 1. The molecule has 0 spiro atoms. The van der Waals surface area contributed by atoms with Gasteiger partial charge in [0.2, 0.25) is 5.82 Å². The van der Waals surface area contributed by atoms with Crippen LogP contribution in [0.25, 0.3) is 11.2 Å². The van der Waals surface area contributed by atoms with Crippen molar-refractivity contribution in [1.82, 2.24) is 14.5 Å². The van der Waals surface area contributed by atoms with Crippen LogP contribution in [0.15, 0.2) is 24.3 Å². The van der Waals surface area contributed by atoms with Crippen molar-refractivity contribution in [3.05, 3.63) is 62.8 Å². The second-order valence-corrected chi connectivity index (χ2v) is 5.76. The Morgan fingerprint density at radius 3 is 2.67 bits per heavy atom. The summed E-state index contributed by atoms with van der Waals surface area (Å²) >= 11 is 0. The minimum absolute atomic E-state index is 0.358. The number of aryl methyl sites for hydroxylation is 3. The smallest absolute Gasteiger partial charge is 0.305 e. The van der Waals surface area contributed by atoms with Gasteiger partial charge in [-0.3, -0.25) is 10.1 Å². The molecule has 0 aliphatic heterocycles. The first kappa shape index (κ1) is 16.0. The minimum Gasteiger partial charge on any atom is -0.308 e. The van der Waals surface area contributed by atoms with Gasteiger partial charge in [0.25, 0.3) is 0 Å². The number of aromatic nitrogens is 3. The van der Waals surface area contributed by atoms with Crippen molar-refractivity contribution in [1.29, 1.82) is 0 Å². The van der Waals surface area contributed by atoms with Gasteiger partial charge < -0.3 is 4.57 Å². The number of benzene rings is 1. The van der Waals surface area contributed by atoms with E-state index in [9.17, 15) is 14.5 Å². The van der Waals surface area contributed by atoms with Gasteiger partial charge in [-0.2, -0.15) is 4.39 Å². The molecule has 0 fully saturated rings. The van der Waals surface area contributed by atoms with Crippen molar-refractivity contribution < 1.29 is 9.31 Å². The van der Waals surface area contributed by atoms with Crippen molar-refractivity contribution in [2.75, 3.05) is 0 Å². The molecule has 0 saturated carbocycles. The predicted octanol–water partition coefficient (Wildman–Crippen LogP) is 3.71. The van der Waals surface area contributed by atoms with E-state index in [0.717, 1.165) is 34.3 Å². The topological polar surface area (TPSA) is 73.8 Å². The third-order valence-corrected chi connectivity index (χ3v) is 3.97. The summed E-state index contributed by atoms with van der Waals surface area (Å²) in [6.45, 7) is 6.25. The number of nitro benzene ring substituents is 1. The van der Waals surface area contributed by atoms with Gasteiger partial charge in [-0.05, 0) is 37.1 Å². The van der Waals surface area contributed by atoms with Crippen LogP contribution in [-0.4, -0.2) is 19.5 Å². The van der Waals surface area contributed by atoms with E-state index >= 15 is 0 Å². The third kappa shape index (κ3) is 2.73. The molecule has 0 radical (unpaired) electrons. The Bertz CT molecular complexity index is 949. The summed E-state index contributed by atoms with van der Waals surface area (Å²) in [5, 5.41) is 10.9. The molecular formula is C17H17FN4O2. The number of nitrogens with zero attached hydrogens (tertiary/aromatic N) is 4. The Labute approximate surface area is 138 Å². The van der Waals surface area contributed by atoms with E-state index in [4.69, 9.17) is 0 Å². The Balaban J connectivity index is 2.13. The predicted molar refractivity (Wildman–Crippen MR) is 88.5 cm³/mol. The van der Waals surface area contributed by atoms with E-state index < -0.39 is 16.4 Å². The Morgan fingerprint density at radius 1 is 1.25 bits per heavy atom. The molecule has 3 aromatic rings. The van der Waals surface area contributed by atoms with Crippen LogP contribution in [0.4, 0.5) is 10.1 Å². The van der Waals surface area contributed by atoms with Crippen molar-refractivity contribution in [3.8, 4) is 0 Å². The molecule has 7 heteroatoms. The summed E-state index contributed by atoms with van der Waals surface area (Å²) in [6, 6.07) is 5.92. The average molecular weight is 328 g/mol. The zero-order valence-electron chi connectivity index (χ0n) is 13.7. The lowest BCUT2D eigenvalue weighted by atomic mass is 10.2. The van der Waals surface area contributed by atoms with Gasteiger partial charge in [0.05, 0.1) is 11.5 Å². The number of hydrogen-bond donors (Lipinski definition) is 0. The van der Waals surface area contributed by atoms with Crippen LogP contribution in [0.3, 0.4) is 0 Å². The van der Waals surface area contributed by atoms with E-state index in [-0.39, 0.29) is 0 Å². The van der Waals surface area contributed by atoms with Crippen LogP contribution in [0, 0.1) is 29.8 Å². The van der Waals surface area contributed by atoms with Crippen LogP contribution < -0.4 is 0 Å². The lowest BCUT2D eigenvalue weighted by Gasteiger charge is -2.08. The summed E-state index contributed by atoms with van der Waals surface area (Å²) in [4.78, 5) is 19.4. The molecule has 124 valence electrons. The molecule has 0 aliphatic carbocycles. The maximum atomic E-state index is 13.5. The monoisotopic (exact) mass is 328 g/mol. The zero-order valence-corrected chi connectivity index (χ0v) is 13.7. The molecule has 6 nitrogen and oxygen atoms in total. The van der Waals surface area contributed by atoms with Gasteiger partial charge in [0.1, 0.15) is 11.3 Å². The number of rotatable bonds is 4. The fourth-order valence-corrected chi connectivity index (χ4v) is 2.86. The van der Waals surface area contributed by atoms with Crippen molar-refractivity contribution in [3.63, 3.8) is 0 Å². The highest BCUT2D eigenvalue weighted by Gasteiger charge is 2.17. The molecule has 0 atom stereocenters. The molecule has 2 heterocycles. The second kappa shape index (κ2) is 5.99. The third-order valence-electron chi connectivity index (χ3n) is 3.97. The number of imidazole rings is 1. The number of nitro groups is 1. The second-order valence-electron chi connectivity index (χ2n) is 5.76. The fraction of sp³-hybridized carbons (Fsp3) is 0.294. The van der Waals surface area contributed by atoms with Crippen LogP contribution in [0.2, 0.25) is 0 Å². The molecule has 0 N–H and O–H groups in total. The number of hydrogen-bond acceptors (Lipinski definition) is 4. The summed E-state index contributed by atoms with van der Waals surface area (Å²) in [5.74, 6) is 0.0120. The molecule has 0 unspecified atom stereocenters. The minimum atomic E-state index is -0.834. The average Bonchev–Trinajstić information content (AvgIpc) is 2.87. The molecule has 2 aromatic heterocycles. The summed E-state index contributed by atoms with van der Waals surface area (Å²) in [6.07, 6.45) is 0.706. The Morgan fingerprint density at radius 2 is 2.00 bits per heavy atom. The van der Waals surface area contributed by atoms with Crippen LogP contribution in [0.5, 0.6) is 0 Å². The lowest BCUT2D eigenvalue weighted by molar-refractivity contribution is -0.387. The standard InChI is InChI=1S/C17H17FN4O2/c1-4-15-20-16-10(2)7-11(3)19-17(16)21(15)9-12-5-6-13(18)14(8-12)22(23)24/h5-8H,4,9H2,1-3H3. The molecule has 0 amide bonds. The van der Waals surface area contributed by atoms with Crippen LogP contribution in [-0.2, 0) is 13.0 Å². The van der Waals surface area contributed by atoms with Crippen molar-refractivity contribution in [2.45, 2.75) is 33.7 Å². The molecule has 0 aliphatic rings. The van der Waals surface area contributed by atoms with Gasteiger partial charge in [-0.15, -0.1) is 0 Å². The summed E-state index contributed by atoms with van der Waals surface area (Å²) in [5.41, 5.74) is 3.61. The summed E-state index contributed by atoms with van der Waals surface area (Å²) in [7, 11) is 0. The Kier molecular flexibility index (Phi) is 4.01. The zero-order chi connectivity index (χ0) is 17.4. The van der Waals surface area contributed by atoms with E-state index in [2.05, 4.69) is 9.97 Å². The van der Waals surface area contributed by atoms with E-state index in [1.165, 1.54) is 6.07 Å².